The number of rotatable bonds is 4. The smallest absolute Gasteiger partial charge is 0.418 e. The summed E-state index contributed by atoms with van der Waals surface area (Å²) >= 11 is 6.31. The summed E-state index contributed by atoms with van der Waals surface area (Å²) < 4.78 is 69.0. The van der Waals surface area contributed by atoms with Crippen molar-refractivity contribution < 1.29 is 26.3 Å². The normalized spacial score (nSPS) is 12.2. The van der Waals surface area contributed by atoms with Crippen LogP contribution in [0.4, 0.5) is 13.2 Å². The van der Waals surface area contributed by atoms with Gasteiger partial charge in [0.2, 0.25) is 10.0 Å². The third kappa shape index (κ3) is 4.38. The van der Waals surface area contributed by atoms with E-state index >= 15 is 0 Å². The Labute approximate surface area is 185 Å². The Morgan fingerprint density at radius 1 is 0.938 bits per heavy atom. The van der Waals surface area contributed by atoms with Gasteiger partial charge in [-0.1, -0.05) is 29.8 Å². The van der Waals surface area contributed by atoms with Gasteiger partial charge in [0.25, 0.3) is 0 Å². The number of ether oxygens (including phenoxy) is 1. The standard InChI is InChI=1S/C21H13ClF3N3O3S/c22-18-8-7-13(31-12-3-1-4-14(9-12)32(26,29)30)10-16(18)19-15-5-2-6-17(21(23,24)25)20(15)28-11-27-19/h1-11H,(H2,26,29,30). The van der Waals surface area contributed by atoms with E-state index in [2.05, 4.69) is 9.97 Å². The molecule has 0 spiro atoms. The lowest BCUT2D eigenvalue weighted by molar-refractivity contribution is -0.136. The molecule has 4 aromatic rings. The molecule has 0 amide bonds. The maximum absolute atomic E-state index is 13.4. The zero-order valence-electron chi connectivity index (χ0n) is 16.0. The van der Waals surface area contributed by atoms with E-state index in [0.29, 0.717) is 5.56 Å². The molecule has 6 nitrogen and oxygen atoms in total. The number of nitrogens with two attached hydrogens (primary N) is 1. The molecule has 164 valence electrons. The summed E-state index contributed by atoms with van der Waals surface area (Å²) in [4.78, 5) is 7.82. The largest absolute Gasteiger partial charge is 0.457 e. The molecular formula is C21H13ClF3N3O3S. The van der Waals surface area contributed by atoms with Crippen molar-refractivity contribution in [3.8, 4) is 22.8 Å². The average Bonchev–Trinajstić information content (AvgIpc) is 2.73. The monoisotopic (exact) mass is 479 g/mol. The molecule has 0 aliphatic heterocycles. The van der Waals surface area contributed by atoms with Gasteiger partial charge in [-0.05, 0) is 36.4 Å². The van der Waals surface area contributed by atoms with Gasteiger partial charge in [0.1, 0.15) is 17.8 Å². The van der Waals surface area contributed by atoms with Gasteiger partial charge in [0.15, 0.2) is 0 Å². The summed E-state index contributed by atoms with van der Waals surface area (Å²) in [5, 5.41) is 5.53. The maximum Gasteiger partial charge on any atom is 0.418 e. The number of halogens is 4. The Bertz CT molecular complexity index is 1440. The number of fused-ring (bicyclic) bond motifs is 1. The van der Waals surface area contributed by atoms with Gasteiger partial charge in [0, 0.05) is 17.0 Å². The SMILES string of the molecule is NS(=O)(=O)c1cccc(Oc2ccc(Cl)c(-c3ncnc4c(C(F)(F)F)cccc34)c2)c1. The van der Waals surface area contributed by atoms with Gasteiger partial charge in [0.05, 0.1) is 26.7 Å². The lowest BCUT2D eigenvalue weighted by Crippen LogP contribution is -2.11. The van der Waals surface area contributed by atoms with Crippen molar-refractivity contribution in [2.45, 2.75) is 11.1 Å². The van der Waals surface area contributed by atoms with Gasteiger partial charge in [-0.25, -0.2) is 23.5 Å². The first-order chi connectivity index (χ1) is 15.0. The fourth-order valence-electron chi connectivity index (χ4n) is 3.13. The average molecular weight is 480 g/mol. The molecule has 4 rings (SSSR count). The van der Waals surface area contributed by atoms with Gasteiger partial charge in [-0.2, -0.15) is 13.2 Å². The zero-order valence-corrected chi connectivity index (χ0v) is 17.5. The van der Waals surface area contributed by atoms with Crippen LogP contribution in [0.15, 0.2) is 71.9 Å². The molecule has 0 unspecified atom stereocenters. The summed E-state index contributed by atoms with van der Waals surface area (Å²) in [6.45, 7) is 0. The number of aromatic nitrogens is 2. The van der Waals surface area contributed by atoms with Gasteiger partial charge in [-0.3, -0.25) is 0 Å². The number of benzene rings is 3. The molecule has 0 bridgehead atoms. The molecule has 0 radical (unpaired) electrons. The van der Waals surface area contributed by atoms with E-state index in [4.69, 9.17) is 21.5 Å². The number of sulfonamides is 1. The summed E-state index contributed by atoms with van der Waals surface area (Å²) in [7, 11) is -3.93. The summed E-state index contributed by atoms with van der Waals surface area (Å²) in [5.41, 5.74) is -0.636. The third-order valence-corrected chi connectivity index (χ3v) is 5.77. The van der Waals surface area contributed by atoms with Crippen molar-refractivity contribution >= 4 is 32.5 Å². The van der Waals surface area contributed by atoms with Crippen LogP contribution in [0.5, 0.6) is 11.5 Å². The molecule has 0 aliphatic rings. The molecular weight excluding hydrogens is 467 g/mol. The van der Waals surface area contributed by atoms with Crippen LogP contribution in [0.25, 0.3) is 22.2 Å². The lowest BCUT2D eigenvalue weighted by Gasteiger charge is -2.13. The van der Waals surface area contributed by atoms with Crippen LogP contribution >= 0.6 is 11.6 Å². The van der Waals surface area contributed by atoms with Gasteiger partial charge in [-0.15, -0.1) is 0 Å². The number of nitrogens with zero attached hydrogens (tertiary/aromatic N) is 2. The minimum atomic E-state index is -4.59. The molecule has 0 saturated carbocycles. The second-order valence-corrected chi connectivity index (χ2v) is 8.65. The van der Waals surface area contributed by atoms with E-state index < -0.39 is 21.8 Å². The first kappa shape index (κ1) is 22.0. The van der Waals surface area contributed by atoms with Crippen molar-refractivity contribution in [2.24, 2.45) is 5.14 Å². The highest BCUT2D eigenvalue weighted by Gasteiger charge is 2.33. The fourth-order valence-corrected chi connectivity index (χ4v) is 3.89. The quantitative estimate of drug-likeness (QED) is 0.422. The second kappa shape index (κ2) is 8.05. The molecule has 0 aliphatic carbocycles. The zero-order chi connectivity index (χ0) is 23.1. The van der Waals surface area contributed by atoms with Crippen LogP contribution in [-0.4, -0.2) is 18.4 Å². The highest BCUT2D eigenvalue weighted by molar-refractivity contribution is 7.89. The maximum atomic E-state index is 13.4. The van der Waals surface area contributed by atoms with Gasteiger partial charge >= 0.3 is 6.18 Å². The van der Waals surface area contributed by atoms with Crippen molar-refractivity contribution in [1.82, 2.24) is 9.97 Å². The Morgan fingerprint density at radius 3 is 2.38 bits per heavy atom. The molecule has 0 atom stereocenters. The van der Waals surface area contributed by atoms with E-state index in [0.717, 1.165) is 12.4 Å². The van der Waals surface area contributed by atoms with E-state index in [1.807, 2.05) is 0 Å². The predicted molar refractivity (Wildman–Crippen MR) is 113 cm³/mol. The molecule has 32 heavy (non-hydrogen) atoms. The number of hydrogen-bond acceptors (Lipinski definition) is 5. The fraction of sp³-hybridized carbons (Fsp3) is 0.0476. The highest BCUT2D eigenvalue weighted by Crippen LogP contribution is 2.39. The van der Waals surface area contributed by atoms with Crippen molar-refractivity contribution in [2.75, 3.05) is 0 Å². The minimum Gasteiger partial charge on any atom is -0.457 e. The summed E-state index contributed by atoms with van der Waals surface area (Å²) in [6.07, 6.45) is -3.55. The summed E-state index contributed by atoms with van der Waals surface area (Å²) in [6, 6.07) is 13.8. The van der Waals surface area contributed by atoms with Crippen molar-refractivity contribution in [3.63, 3.8) is 0 Å². The van der Waals surface area contributed by atoms with Crippen molar-refractivity contribution in [1.29, 1.82) is 0 Å². The molecule has 1 aromatic heterocycles. The van der Waals surface area contributed by atoms with Crippen LogP contribution in [0.1, 0.15) is 5.56 Å². The topological polar surface area (TPSA) is 95.2 Å². The second-order valence-electron chi connectivity index (χ2n) is 6.69. The number of primary sulfonamides is 1. The van der Waals surface area contributed by atoms with Crippen LogP contribution in [0, 0.1) is 0 Å². The lowest BCUT2D eigenvalue weighted by atomic mass is 10.0. The van der Waals surface area contributed by atoms with E-state index in [1.165, 1.54) is 54.6 Å². The van der Waals surface area contributed by atoms with Gasteiger partial charge < -0.3 is 4.74 Å². The Kier molecular flexibility index (Phi) is 5.53. The number of alkyl halides is 3. The molecule has 3 aromatic carbocycles. The van der Waals surface area contributed by atoms with Crippen LogP contribution in [0.3, 0.4) is 0 Å². The van der Waals surface area contributed by atoms with Crippen LogP contribution < -0.4 is 9.88 Å². The molecule has 2 N–H and O–H groups in total. The van der Waals surface area contributed by atoms with Crippen molar-refractivity contribution in [3.05, 3.63) is 77.6 Å². The summed E-state index contributed by atoms with van der Waals surface area (Å²) in [5.74, 6) is 0.450. The molecule has 11 heteroatoms. The minimum absolute atomic E-state index is 0.134. The van der Waals surface area contributed by atoms with Crippen LogP contribution in [0.2, 0.25) is 5.02 Å². The molecule has 0 fully saturated rings. The third-order valence-electron chi connectivity index (χ3n) is 4.53. The predicted octanol–water partition coefficient (Wildman–Crippen LogP) is 5.41. The number of para-hydroxylation sites is 1. The van der Waals surface area contributed by atoms with E-state index in [1.54, 1.807) is 0 Å². The van der Waals surface area contributed by atoms with E-state index in [-0.39, 0.29) is 38.0 Å². The first-order valence-corrected chi connectivity index (χ1v) is 10.9. The molecule has 1 heterocycles. The van der Waals surface area contributed by atoms with E-state index in [9.17, 15) is 21.6 Å². The number of hydrogen-bond donors (Lipinski definition) is 1. The Balaban J connectivity index is 1.80. The first-order valence-electron chi connectivity index (χ1n) is 8.95. The highest BCUT2D eigenvalue weighted by atomic mass is 35.5. The Morgan fingerprint density at radius 2 is 1.66 bits per heavy atom. The van der Waals surface area contributed by atoms with Crippen LogP contribution in [-0.2, 0) is 16.2 Å². The molecule has 0 saturated heterocycles. The Hall–Kier alpha value is -3.21.